The number of carbonyl (C=O) groups excluding carboxylic acids is 2. The van der Waals surface area contributed by atoms with Crippen molar-refractivity contribution >= 4 is 34.9 Å². The molecular weight excluding hydrogens is 266 g/mol. The average Bonchev–Trinajstić information content (AvgIpc) is 2.98. The van der Waals surface area contributed by atoms with Crippen LogP contribution in [0.2, 0.25) is 0 Å². The number of imide groups is 1. The number of thioether (sulfide) groups is 1. The van der Waals surface area contributed by atoms with Gasteiger partial charge in [-0.2, -0.15) is 11.3 Å². The predicted molar refractivity (Wildman–Crippen MR) is 72.0 cm³/mol. The summed E-state index contributed by atoms with van der Waals surface area (Å²) < 4.78 is 0. The van der Waals surface area contributed by atoms with Crippen molar-refractivity contribution in [2.24, 2.45) is 0 Å². The van der Waals surface area contributed by atoms with Crippen molar-refractivity contribution in [2.75, 3.05) is 5.88 Å². The van der Waals surface area contributed by atoms with E-state index in [2.05, 4.69) is 0 Å². The Bertz CT molecular complexity index is 572. The maximum Gasteiger partial charge on any atom is 0.262 e. The molecule has 1 aliphatic rings. The number of thiophene rings is 1. The molecule has 0 radical (unpaired) electrons. The Balaban J connectivity index is 1.80. The third-order valence-electron chi connectivity index (χ3n) is 2.73. The van der Waals surface area contributed by atoms with Crippen LogP contribution in [0.1, 0.15) is 20.7 Å². The second-order valence-electron chi connectivity index (χ2n) is 3.82. The molecule has 1 aromatic heterocycles. The number of hydrogen-bond acceptors (Lipinski definition) is 4. The molecule has 2 amide bonds. The van der Waals surface area contributed by atoms with Gasteiger partial charge in [-0.25, -0.2) is 0 Å². The van der Waals surface area contributed by atoms with Crippen molar-refractivity contribution in [3.8, 4) is 0 Å². The number of amides is 2. The maximum absolute atomic E-state index is 12.1. The highest BCUT2D eigenvalue weighted by Crippen LogP contribution is 2.27. The molecule has 2 heterocycles. The fourth-order valence-electron chi connectivity index (χ4n) is 1.83. The topological polar surface area (TPSA) is 37.4 Å². The zero-order valence-electron chi connectivity index (χ0n) is 9.33. The SMILES string of the molecule is O=C1c2ccccc2C(=O)N1CSc1ccsc1. The van der Waals surface area contributed by atoms with E-state index in [-0.39, 0.29) is 11.8 Å². The van der Waals surface area contributed by atoms with E-state index in [9.17, 15) is 9.59 Å². The summed E-state index contributed by atoms with van der Waals surface area (Å²) in [6, 6.07) is 8.93. The number of rotatable bonds is 3. The van der Waals surface area contributed by atoms with Crippen molar-refractivity contribution in [3.05, 3.63) is 52.2 Å². The summed E-state index contributed by atoms with van der Waals surface area (Å²) in [5, 5.41) is 3.98. The number of benzene rings is 1. The first-order valence-electron chi connectivity index (χ1n) is 5.37. The lowest BCUT2D eigenvalue weighted by Gasteiger charge is -2.12. The molecule has 0 N–H and O–H groups in total. The molecule has 90 valence electrons. The van der Waals surface area contributed by atoms with Gasteiger partial charge in [-0.15, -0.1) is 11.8 Å². The number of fused-ring (bicyclic) bond motifs is 1. The van der Waals surface area contributed by atoms with Crippen molar-refractivity contribution in [1.82, 2.24) is 4.90 Å². The Labute approximate surface area is 112 Å². The summed E-state index contributed by atoms with van der Waals surface area (Å²) in [6.45, 7) is 0. The Morgan fingerprint density at radius 2 is 1.72 bits per heavy atom. The molecule has 0 saturated heterocycles. The lowest BCUT2D eigenvalue weighted by molar-refractivity contribution is 0.0684. The smallest absolute Gasteiger partial charge is 0.262 e. The molecule has 0 atom stereocenters. The fourth-order valence-corrected chi connectivity index (χ4v) is 3.55. The summed E-state index contributed by atoms with van der Waals surface area (Å²) in [7, 11) is 0. The van der Waals surface area contributed by atoms with E-state index in [0.29, 0.717) is 17.0 Å². The van der Waals surface area contributed by atoms with Crippen LogP contribution in [0.15, 0.2) is 46.0 Å². The molecule has 0 aliphatic carbocycles. The van der Waals surface area contributed by atoms with Gasteiger partial charge >= 0.3 is 0 Å². The van der Waals surface area contributed by atoms with Crippen LogP contribution >= 0.6 is 23.1 Å². The third kappa shape index (κ3) is 1.85. The second kappa shape index (κ2) is 4.59. The predicted octanol–water partition coefficient (Wildman–Crippen LogP) is 3.09. The van der Waals surface area contributed by atoms with E-state index in [1.54, 1.807) is 35.6 Å². The fraction of sp³-hybridized carbons (Fsp3) is 0.0769. The molecule has 5 heteroatoms. The first-order valence-corrected chi connectivity index (χ1v) is 7.30. The molecule has 0 spiro atoms. The first-order chi connectivity index (χ1) is 8.77. The Morgan fingerprint density at radius 3 is 2.28 bits per heavy atom. The second-order valence-corrected chi connectivity index (χ2v) is 5.61. The monoisotopic (exact) mass is 275 g/mol. The van der Waals surface area contributed by atoms with E-state index in [4.69, 9.17) is 0 Å². The molecular formula is C13H9NO2S2. The van der Waals surface area contributed by atoms with E-state index in [1.807, 2.05) is 16.8 Å². The highest BCUT2D eigenvalue weighted by molar-refractivity contribution is 7.99. The van der Waals surface area contributed by atoms with Gasteiger partial charge in [-0.3, -0.25) is 14.5 Å². The first kappa shape index (κ1) is 11.5. The molecule has 3 rings (SSSR count). The molecule has 3 nitrogen and oxygen atoms in total. The largest absolute Gasteiger partial charge is 0.269 e. The van der Waals surface area contributed by atoms with Crippen LogP contribution in [0.3, 0.4) is 0 Å². The van der Waals surface area contributed by atoms with Gasteiger partial charge in [0.2, 0.25) is 0 Å². The third-order valence-corrected chi connectivity index (χ3v) is 4.54. The van der Waals surface area contributed by atoms with Crippen molar-refractivity contribution in [2.45, 2.75) is 4.90 Å². The van der Waals surface area contributed by atoms with Gasteiger partial charge in [-0.1, -0.05) is 12.1 Å². The summed E-state index contributed by atoms with van der Waals surface area (Å²) in [4.78, 5) is 26.5. The van der Waals surface area contributed by atoms with Crippen LogP contribution in [0, 0.1) is 0 Å². The summed E-state index contributed by atoms with van der Waals surface area (Å²) in [5.74, 6) is -0.0278. The average molecular weight is 275 g/mol. The van der Waals surface area contributed by atoms with Gasteiger partial charge in [0, 0.05) is 10.3 Å². The number of nitrogens with zero attached hydrogens (tertiary/aromatic N) is 1. The number of carbonyl (C=O) groups is 2. The summed E-state index contributed by atoms with van der Waals surface area (Å²) in [6.07, 6.45) is 0. The van der Waals surface area contributed by atoms with Crippen LogP contribution in [-0.4, -0.2) is 22.6 Å². The Morgan fingerprint density at radius 1 is 1.06 bits per heavy atom. The van der Waals surface area contributed by atoms with Crippen molar-refractivity contribution in [1.29, 1.82) is 0 Å². The summed E-state index contributed by atoms with van der Waals surface area (Å²) >= 11 is 3.10. The van der Waals surface area contributed by atoms with Gasteiger partial charge in [-0.05, 0) is 23.6 Å². The van der Waals surface area contributed by atoms with Crippen molar-refractivity contribution < 1.29 is 9.59 Å². The minimum Gasteiger partial charge on any atom is -0.269 e. The molecule has 18 heavy (non-hydrogen) atoms. The van der Waals surface area contributed by atoms with Crippen LogP contribution in [-0.2, 0) is 0 Å². The van der Waals surface area contributed by atoms with Crippen LogP contribution in [0.25, 0.3) is 0 Å². The van der Waals surface area contributed by atoms with Gasteiger partial charge in [0.25, 0.3) is 11.8 Å². The van der Waals surface area contributed by atoms with Gasteiger partial charge in [0.15, 0.2) is 0 Å². The quantitative estimate of drug-likeness (QED) is 0.638. The molecule has 1 aromatic carbocycles. The maximum atomic E-state index is 12.1. The Hall–Kier alpha value is -1.59. The van der Waals surface area contributed by atoms with Crippen LogP contribution in [0.5, 0.6) is 0 Å². The number of hydrogen-bond donors (Lipinski definition) is 0. The molecule has 2 aromatic rings. The zero-order chi connectivity index (χ0) is 12.5. The normalized spacial score (nSPS) is 14.1. The summed E-state index contributed by atoms with van der Waals surface area (Å²) in [5.41, 5.74) is 1.02. The Kier molecular flexibility index (Phi) is 2.93. The van der Waals surface area contributed by atoms with Crippen LogP contribution in [0.4, 0.5) is 0 Å². The van der Waals surface area contributed by atoms with Gasteiger partial charge in [0.1, 0.15) is 0 Å². The standard InChI is InChI=1S/C13H9NO2S2/c15-12-10-3-1-2-4-11(10)13(16)14(12)8-18-9-5-6-17-7-9/h1-7H,8H2. The minimum absolute atomic E-state index is 0.196. The lowest BCUT2D eigenvalue weighted by atomic mass is 10.1. The molecule has 1 aliphatic heterocycles. The van der Waals surface area contributed by atoms with E-state index < -0.39 is 0 Å². The highest BCUT2D eigenvalue weighted by atomic mass is 32.2. The van der Waals surface area contributed by atoms with E-state index in [1.165, 1.54) is 16.7 Å². The van der Waals surface area contributed by atoms with E-state index >= 15 is 0 Å². The van der Waals surface area contributed by atoms with Gasteiger partial charge in [0.05, 0.1) is 17.0 Å². The minimum atomic E-state index is -0.196. The molecule has 0 fully saturated rings. The molecule has 0 unspecified atom stereocenters. The van der Waals surface area contributed by atoms with Crippen LogP contribution < -0.4 is 0 Å². The zero-order valence-corrected chi connectivity index (χ0v) is 11.0. The highest BCUT2D eigenvalue weighted by Gasteiger charge is 2.34. The lowest BCUT2D eigenvalue weighted by Crippen LogP contribution is -2.29. The molecule has 0 saturated carbocycles. The molecule has 0 bridgehead atoms. The van der Waals surface area contributed by atoms with Gasteiger partial charge < -0.3 is 0 Å². The van der Waals surface area contributed by atoms with Crippen molar-refractivity contribution in [3.63, 3.8) is 0 Å². The van der Waals surface area contributed by atoms with E-state index in [0.717, 1.165) is 4.90 Å².